The molecule has 0 spiro atoms. The maximum Gasteiger partial charge on any atom is 0.255 e. The Hall–Kier alpha value is -4.97. The summed E-state index contributed by atoms with van der Waals surface area (Å²) in [6, 6.07) is 34.1. The molecule has 0 radical (unpaired) electrons. The molecule has 5 aromatic rings. The normalized spacial score (nSPS) is 10.8. The fourth-order valence-electron chi connectivity index (χ4n) is 4.59. The predicted molar refractivity (Wildman–Crippen MR) is 157 cm³/mol. The highest BCUT2D eigenvalue weighted by Crippen LogP contribution is 2.19. The number of benzene rings is 4. The molecular weight excluding hydrogens is 498 g/mol. The Balaban J connectivity index is 1.23. The van der Waals surface area contributed by atoms with Crippen molar-refractivity contribution in [2.24, 2.45) is 0 Å². The molecular formula is C34H31N3O3. The van der Waals surface area contributed by atoms with Crippen molar-refractivity contribution in [1.82, 2.24) is 9.78 Å². The summed E-state index contributed by atoms with van der Waals surface area (Å²) in [6.45, 7) is 4.86. The van der Waals surface area contributed by atoms with E-state index in [0.29, 0.717) is 24.3 Å². The van der Waals surface area contributed by atoms with Gasteiger partial charge in [-0.1, -0.05) is 72.8 Å². The van der Waals surface area contributed by atoms with Gasteiger partial charge < -0.3 is 10.1 Å². The first kappa shape index (κ1) is 26.6. The van der Waals surface area contributed by atoms with Crippen LogP contribution in [0.4, 0.5) is 5.69 Å². The molecule has 40 heavy (non-hydrogen) atoms. The SMILES string of the molecule is Cc1nn(Cc2cccc(C(=O)Nc3ccccc3)c2)c(C)c1CC(=O)c1ccc(COc2ccccc2)cc1. The third-order valence-electron chi connectivity index (χ3n) is 6.85. The number of anilines is 1. The number of para-hydroxylation sites is 2. The summed E-state index contributed by atoms with van der Waals surface area (Å²) in [4.78, 5) is 25.9. The average Bonchev–Trinajstić information content (AvgIpc) is 3.24. The lowest BCUT2D eigenvalue weighted by atomic mass is 10.0. The molecule has 0 atom stereocenters. The van der Waals surface area contributed by atoms with Crippen molar-refractivity contribution in [2.75, 3.05) is 5.32 Å². The van der Waals surface area contributed by atoms with E-state index >= 15 is 0 Å². The maximum atomic E-state index is 13.1. The Morgan fingerprint density at radius 3 is 2.20 bits per heavy atom. The summed E-state index contributed by atoms with van der Waals surface area (Å²) >= 11 is 0. The van der Waals surface area contributed by atoms with Crippen molar-refractivity contribution in [1.29, 1.82) is 0 Å². The van der Waals surface area contributed by atoms with Crippen molar-refractivity contribution in [3.8, 4) is 5.75 Å². The zero-order valence-electron chi connectivity index (χ0n) is 22.6. The lowest BCUT2D eigenvalue weighted by molar-refractivity contribution is 0.0990. The number of aryl methyl sites for hydroxylation is 1. The molecule has 0 aliphatic carbocycles. The second kappa shape index (κ2) is 12.3. The summed E-state index contributed by atoms with van der Waals surface area (Å²) in [6.07, 6.45) is 0.275. The van der Waals surface area contributed by atoms with E-state index in [1.54, 1.807) is 6.07 Å². The van der Waals surface area contributed by atoms with Crippen LogP contribution >= 0.6 is 0 Å². The van der Waals surface area contributed by atoms with Gasteiger partial charge in [-0.15, -0.1) is 0 Å². The predicted octanol–water partition coefficient (Wildman–Crippen LogP) is 6.80. The number of hydrogen-bond acceptors (Lipinski definition) is 4. The molecule has 4 aromatic carbocycles. The molecule has 1 aromatic heterocycles. The second-order valence-electron chi connectivity index (χ2n) is 9.73. The Morgan fingerprint density at radius 2 is 1.48 bits per heavy atom. The maximum absolute atomic E-state index is 13.1. The number of nitrogens with one attached hydrogen (secondary N) is 1. The van der Waals surface area contributed by atoms with Crippen molar-refractivity contribution in [3.05, 3.63) is 148 Å². The van der Waals surface area contributed by atoms with E-state index < -0.39 is 0 Å². The first-order valence-corrected chi connectivity index (χ1v) is 13.2. The molecule has 200 valence electrons. The molecule has 0 saturated carbocycles. The second-order valence-corrected chi connectivity index (χ2v) is 9.73. The van der Waals surface area contributed by atoms with Gasteiger partial charge in [0, 0.05) is 34.5 Å². The Labute approximate surface area is 234 Å². The number of amides is 1. The van der Waals surface area contributed by atoms with Crippen molar-refractivity contribution in [3.63, 3.8) is 0 Å². The first-order chi connectivity index (χ1) is 19.5. The minimum atomic E-state index is -0.162. The number of ether oxygens (including phenoxy) is 1. The van der Waals surface area contributed by atoms with E-state index in [1.807, 2.05) is 122 Å². The molecule has 6 heteroatoms. The van der Waals surface area contributed by atoms with Gasteiger partial charge in [0.25, 0.3) is 5.91 Å². The van der Waals surface area contributed by atoms with Gasteiger partial charge in [0.15, 0.2) is 5.78 Å². The number of nitrogens with zero attached hydrogens (tertiary/aromatic N) is 2. The molecule has 0 fully saturated rings. The Bertz CT molecular complexity index is 1610. The van der Waals surface area contributed by atoms with Crippen LogP contribution in [0, 0.1) is 13.8 Å². The van der Waals surface area contributed by atoms with Gasteiger partial charge in [-0.2, -0.15) is 5.10 Å². The van der Waals surface area contributed by atoms with E-state index in [2.05, 4.69) is 5.32 Å². The van der Waals surface area contributed by atoms with E-state index in [4.69, 9.17) is 9.84 Å². The monoisotopic (exact) mass is 529 g/mol. The van der Waals surface area contributed by atoms with Crippen LogP contribution in [0.15, 0.2) is 109 Å². The molecule has 1 heterocycles. The van der Waals surface area contributed by atoms with Crippen LogP contribution < -0.4 is 10.1 Å². The zero-order chi connectivity index (χ0) is 27.9. The lowest BCUT2D eigenvalue weighted by Gasteiger charge is -2.09. The first-order valence-electron chi connectivity index (χ1n) is 13.2. The average molecular weight is 530 g/mol. The molecule has 0 bridgehead atoms. The molecule has 5 rings (SSSR count). The third kappa shape index (κ3) is 6.53. The molecule has 1 N–H and O–H groups in total. The number of Topliss-reactive ketones (excluding diaryl/α,β-unsaturated/α-hetero) is 1. The largest absolute Gasteiger partial charge is 0.489 e. The summed E-state index contributed by atoms with van der Waals surface area (Å²) in [5.74, 6) is 0.694. The fourth-order valence-corrected chi connectivity index (χ4v) is 4.59. The van der Waals surface area contributed by atoms with Gasteiger partial charge in [-0.3, -0.25) is 14.3 Å². The van der Waals surface area contributed by atoms with E-state index in [-0.39, 0.29) is 18.1 Å². The highest BCUT2D eigenvalue weighted by atomic mass is 16.5. The van der Waals surface area contributed by atoms with Crippen LogP contribution in [-0.4, -0.2) is 21.5 Å². The van der Waals surface area contributed by atoms with Crippen LogP contribution in [0.3, 0.4) is 0 Å². The van der Waals surface area contributed by atoms with Crippen LogP contribution in [0.1, 0.15) is 48.8 Å². The van der Waals surface area contributed by atoms with E-state index in [0.717, 1.165) is 39.5 Å². The van der Waals surface area contributed by atoms with Crippen LogP contribution in [0.5, 0.6) is 5.75 Å². The fraction of sp³-hybridized carbons (Fsp3) is 0.147. The smallest absolute Gasteiger partial charge is 0.255 e. The number of rotatable bonds is 10. The van der Waals surface area contributed by atoms with Gasteiger partial charge in [-0.25, -0.2) is 0 Å². The molecule has 0 unspecified atom stereocenters. The standard InChI is InChI=1S/C34H31N3O3/c1-24-32(21-33(38)28-18-16-26(17-19-28)23-40-31-14-7-4-8-15-31)25(2)37(36-24)22-27-10-9-11-29(20-27)34(39)35-30-12-5-3-6-13-30/h3-20H,21-23H2,1-2H3,(H,35,39). The van der Waals surface area contributed by atoms with E-state index in [9.17, 15) is 9.59 Å². The van der Waals surface area contributed by atoms with Gasteiger partial charge >= 0.3 is 0 Å². The number of carbonyl (C=O) groups excluding carboxylic acids is 2. The Kier molecular flexibility index (Phi) is 8.16. The number of ketones is 1. The highest BCUT2D eigenvalue weighted by Gasteiger charge is 2.17. The summed E-state index contributed by atoms with van der Waals surface area (Å²) < 4.78 is 7.70. The molecule has 0 saturated heterocycles. The molecule has 0 aliphatic heterocycles. The van der Waals surface area contributed by atoms with Crippen LogP contribution in [-0.2, 0) is 19.6 Å². The van der Waals surface area contributed by atoms with Crippen molar-refractivity contribution < 1.29 is 14.3 Å². The van der Waals surface area contributed by atoms with Gasteiger partial charge in [0.05, 0.1) is 12.2 Å². The van der Waals surface area contributed by atoms with Gasteiger partial charge in [-0.05, 0) is 61.4 Å². The number of aromatic nitrogens is 2. The summed E-state index contributed by atoms with van der Waals surface area (Å²) in [5, 5.41) is 7.63. The quantitative estimate of drug-likeness (QED) is 0.202. The minimum absolute atomic E-state index is 0.0425. The molecule has 1 amide bonds. The van der Waals surface area contributed by atoms with Crippen LogP contribution in [0.2, 0.25) is 0 Å². The van der Waals surface area contributed by atoms with Crippen molar-refractivity contribution in [2.45, 2.75) is 33.4 Å². The minimum Gasteiger partial charge on any atom is -0.489 e. The highest BCUT2D eigenvalue weighted by molar-refractivity contribution is 6.04. The number of carbonyl (C=O) groups is 2. The van der Waals surface area contributed by atoms with Crippen LogP contribution in [0.25, 0.3) is 0 Å². The van der Waals surface area contributed by atoms with E-state index in [1.165, 1.54) is 0 Å². The molecule has 0 aliphatic rings. The topological polar surface area (TPSA) is 73.2 Å². The summed E-state index contributed by atoms with van der Waals surface area (Å²) in [7, 11) is 0. The lowest BCUT2D eigenvalue weighted by Crippen LogP contribution is -2.13. The van der Waals surface area contributed by atoms with Crippen molar-refractivity contribution >= 4 is 17.4 Å². The van der Waals surface area contributed by atoms with Gasteiger partial charge in [0.1, 0.15) is 12.4 Å². The Morgan fingerprint density at radius 1 is 0.775 bits per heavy atom. The summed E-state index contributed by atoms with van der Waals surface area (Å²) in [5.41, 5.74) is 6.65. The van der Waals surface area contributed by atoms with Gasteiger partial charge in [0.2, 0.25) is 0 Å². The zero-order valence-corrected chi connectivity index (χ0v) is 22.6. The third-order valence-corrected chi connectivity index (χ3v) is 6.85. The molecule has 6 nitrogen and oxygen atoms in total. The number of hydrogen-bond donors (Lipinski definition) is 1.